The molecule has 0 saturated carbocycles. The second-order valence-electron chi connectivity index (χ2n) is 10.3. The van der Waals surface area contributed by atoms with Gasteiger partial charge < -0.3 is 24.8 Å². The van der Waals surface area contributed by atoms with Gasteiger partial charge in [0, 0.05) is 43.2 Å². The molecule has 0 fully saturated rings. The molecule has 3 atom stereocenters. The molecule has 212 valence electrons. The average Bonchev–Trinajstić information content (AvgIpc) is 2.90. The summed E-state index contributed by atoms with van der Waals surface area (Å²) in [6.45, 7) is 7.70. The van der Waals surface area contributed by atoms with Crippen LogP contribution >= 0.6 is 0 Å². The number of methoxy groups -OCH3 is 1. The fourth-order valence-electron chi connectivity index (χ4n) is 4.12. The van der Waals surface area contributed by atoms with Gasteiger partial charge in [-0.15, -0.1) is 0 Å². The molecule has 1 aliphatic heterocycles. The molecule has 10 heteroatoms. The predicted molar refractivity (Wildman–Crippen MR) is 151 cm³/mol. The molecule has 0 spiro atoms. The topological polar surface area (TPSA) is 108 Å². The Morgan fingerprint density at radius 3 is 2.54 bits per heavy atom. The first kappa shape index (κ1) is 30.3. The molecule has 2 aromatic carbocycles. The zero-order valence-corrected chi connectivity index (χ0v) is 24.3. The zero-order chi connectivity index (χ0) is 28.7. The summed E-state index contributed by atoms with van der Waals surface area (Å²) in [5.41, 5.74) is 1.26. The maximum Gasteiger partial charge on any atom is 0.321 e. The second-order valence-corrected chi connectivity index (χ2v) is 12.2. The smallest absolute Gasteiger partial charge is 0.321 e. The lowest BCUT2D eigenvalue weighted by Gasteiger charge is -2.37. The molecule has 0 radical (unpaired) electrons. The van der Waals surface area contributed by atoms with Gasteiger partial charge in [-0.3, -0.25) is 0 Å². The minimum absolute atomic E-state index is 0.0134. The Morgan fingerprint density at radius 1 is 1.23 bits per heavy atom. The summed E-state index contributed by atoms with van der Waals surface area (Å²) in [4.78, 5) is 14.5. The van der Waals surface area contributed by atoms with Gasteiger partial charge in [-0.2, -0.15) is 4.31 Å². The van der Waals surface area contributed by atoms with Crippen LogP contribution in [0.1, 0.15) is 39.7 Å². The summed E-state index contributed by atoms with van der Waals surface area (Å²) in [6, 6.07) is 10.9. The fraction of sp³-hybridized carbons (Fsp3) is 0.483. The second kappa shape index (κ2) is 13.2. The van der Waals surface area contributed by atoms with Gasteiger partial charge in [0.1, 0.15) is 22.5 Å². The van der Waals surface area contributed by atoms with E-state index in [4.69, 9.17) is 9.47 Å². The van der Waals surface area contributed by atoms with Crippen LogP contribution in [0.5, 0.6) is 11.5 Å². The molecular weight excluding hydrogens is 518 g/mol. The molecule has 2 aromatic rings. The van der Waals surface area contributed by atoms with Gasteiger partial charge in [0.25, 0.3) is 0 Å². The molecule has 0 saturated heterocycles. The van der Waals surface area contributed by atoms with E-state index in [2.05, 4.69) is 31.0 Å². The number of urea groups is 1. The zero-order valence-electron chi connectivity index (χ0n) is 23.5. The number of ether oxygens (including phenoxy) is 2. The van der Waals surface area contributed by atoms with E-state index in [0.717, 1.165) is 0 Å². The number of nitrogens with one attached hydrogen (secondary N) is 1. The number of hydrogen-bond donors (Lipinski definition) is 2. The molecular formula is C29H39N3O6S. The van der Waals surface area contributed by atoms with E-state index in [1.807, 2.05) is 6.92 Å². The van der Waals surface area contributed by atoms with E-state index in [-0.39, 0.29) is 42.3 Å². The average molecular weight is 558 g/mol. The summed E-state index contributed by atoms with van der Waals surface area (Å²) in [6.07, 6.45) is 0.185. The maximum atomic E-state index is 13.6. The largest absolute Gasteiger partial charge is 0.497 e. The van der Waals surface area contributed by atoms with E-state index >= 15 is 0 Å². The van der Waals surface area contributed by atoms with Crippen LogP contribution in [0.15, 0.2) is 47.4 Å². The summed E-state index contributed by atoms with van der Waals surface area (Å²) in [5.74, 6) is 7.20. The highest BCUT2D eigenvalue weighted by Crippen LogP contribution is 2.34. The van der Waals surface area contributed by atoms with Gasteiger partial charge in [-0.1, -0.05) is 32.6 Å². The van der Waals surface area contributed by atoms with Crippen LogP contribution in [0, 0.1) is 23.7 Å². The van der Waals surface area contributed by atoms with Crippen molar-refractivity contribution < 1.29 is 27.8 Å². The number of carbonyl (C=O) groups is 1. The van der Waals surface area contributed by atoms with Crippen molar-refractivity contribution in [3.63, 3.8) is 0 Å². The highest BCUT2D eigenvalue weighted by molar-refractivity contribution is 7.89. The number of aliphatic hydroxyl groups excluding tert-OH is 1. The van der Waals surface area contributed by atoms with Gasteiger partial charge in [-0.25, -0.2) is 13.2 Å². The van der Waals surface area contributed by atoms with Crippen molar-refractivity contribution in [2.24, 2.45) is 11.8 Å². The van der Waals surface area contributed by atoms with Crippen LogP contribution in [0.4, 0.5) is 10.5 Å². The minimum Gasteiger partial charge on any atom is -0.497 e. The number of nitrogens with zero attached hydrogens (tertiary/aromatic N) is 2. The predicted octanol–water partition coefficient (Wildman–Crippen LogP) is 4.03. The van der Waals surface area contributed by atoms with E-state index in [9.17, 15) is 18.3 Å². The maximum absolute atomic E-state index is 13.6. The third kappa shape index (κ3) is 7.66. The van der Waals surface area contributed by atoms with E-state index in [1.165, 1.54) is 15.3 Å². The van der Waals surface area contributed by atoms with Crippen LogP contribution in [0.3, 0.4) is 0 Å². The lowest BCUT2D eigenvalue weighted by Crippen LogP contribution is -2.50. The summed E-state index contributed by atoms with van der Waals surface area (Å²) < 4.78 is 40.1. The van der Waals surface area contributed by atoms with E-state index in [1.54, 1.807) is 57.5 Å². The summed E-state index contributed by atoms with van der Waals surface area (Å²) >= 11 is 0. The molecule has 9 nitrogen and oxygen atoms in total. The van der Waals surface area contributed by atoms with Crippen molar-refractivity contribution in [2.75, 3.05) is 39.2 Å². The van der Waals surface area contributed by atoms with Gasteiger partial charge >= 0.3 is 6.03 Å². The molecule has 2 N–H and O–H groups in total. The van der Waals surface area contributed by atoms with Crippen molar-refractivity contribution in [3.05, 3.63) is 48.0 Å². The van der Waals surface area contributed by atoms with Crippen molar-refractivity contribution in [3.8, 4) is 23.3 Å². The van der Waals surface area contributed by atoms with E-state index in [0.29, 0.717) is 29.3 Å². The Bertz CT molecular complexity index is 1300. The highest BCUT2D eigenvalue weighted by Gasteiger charge is 2.38. The van der Waals surface area contributed by atoms with E-state index < -0.39 is 22.2 Å². The van der Waals surface area contributed by atoms with Gasteiger partial charge in [0.2, 0.25) is 10.0 Å². The van der Waals surface area contributed by atoms with Crippen molar-refractivity contribution in [2.45, 2.75) is 51.2 Å². The number of carbonyl (C=O) groups excluding carboxylic acids is 1. The quantitative estimate of drug-likeness (QED) is 0.498. The number of aliphatic hydroxyl groups is 1. The van der Waals surface area contributed by atoms with Crippen molar-refractivity contribution >= 4 is 21.7 Å². The molecule has 0 aliphatic carbocycles. The Labute approximate surface area is 232 Å². The van der Waals surface area contributed by atoms with Crippen molar-refractivity contribution in [1.82, 2.24) is 9.21 Å². The number of benzene rings is 2. The molecule has 1 heterocycles. The number of sulfonamides is 1. The monoisotopic (exact) mass is 557 g/mol. The van der Waals surface area contributed by atoms with Gasteiger partial charge in [0.05, 0.1) is 20.3 Å². The molecule has 0 bridgehead atoms. The highest BCUT2D eigenvalue weighted by atomic mass is 32.2. The van der Waals surface area contributed by atoms with Crippen LogP contribution in [0.2, 0.25) is 0 Å². The number of hydrogen-bond acceptors (Lipinski definition) is 6. The number of amides is 2. The SMILES string of the molecule is COc1ccc(NC(=O)N(C)C[C@H]2Oc3cc(C#CCC(C)C)ccc3S(=O)(=O)N([C@H](C)CO)C[C@@H]2C)cc1. The normalized spacial score (nSPS) is 19.4. The fourth-order valence-corrected chi connectivity index (χ4v) is 5.95. The number of rotatable bonds is 7. The minimum atomic E-state index is -3.96. The van der Waals surface area contributed by atoms with Gasteiger partial charge in [-0.05, 0) is 55.3 Å². The summed E-state index contributed by atoms with van der Waals surface area (Å²) in [7, 11) is -0.721. The molecule has 1 aliphatic rings. The first-order chi connectivity index (χ1) is 18.5. The lowest BCUT2D eigenvalue weighted by atomic mass is 10.0. The summed E-state index contributed by atoms with van der Waals surface area (Å²) in [5, 5.41) is 12.7. The number of fused-ring (bicyclic) bond motifs is 1. The molecule has 39 heavy (non-hydrogen) atoms. The number of likely N-dealkylation sites (N-methyl/N-ethyl adjacent to an activating group) is 1. The Kier molecular flexibility index (Phi) is 10.2. The molecule has 0 aromatic heterocycles. The Balaban J connectivity index is 1.92. The van der Waals surface area contributed by atoms with Crippen LogP contribution in [-0.2, 0) is 10.0 Å². The van der Waals surface area contributed by atoms with Crippen molar-refractivity contribution in [1.29, 1.82) is 0 Å². The Morgan fingerprint density at radius 2 is 1.92 bits per heavy atom. The van der Waals surface area contributed by atoms with Crippen LogP contribution in [0.25, 0.3) is 0 Å². The first-order valence-electron chi connectivity index (χ1n) is 13.0. The van der Waals surface area contributed by atoms with Gasteiger partial charge in [0.15, 0.2) is 0 Å². The molecule has 2 amide bonds. The standard InChI is InChI=1S/C29H39N3O6S/c1-20(2)8-7-9-23-10-15-28-26(16-23)38-27(21(3)17-32(22(4)19-33)39(28,35)36)18-31(5)29(34)30-24-11-13-25(37-6)14-12-24/h10-16,20-22,27,33H,8,17-19H2,1-6H3,(H,30,34)/t21-,22+,27+/m0/s1. The third-order valence-electron chi connectivity index (χ3n) is 6.55. The van der Waals surface area contributed by atoms with Crippen LogP contribution < -0.4 is 14.8 Å². The molecule has 3 rings (SSSR count). The Hall–Kier alpha value is -3.26. The molecule has 0 unspecified atom stereocenters. The van der Waals surface area contributed by atoms with Crippen LogP contribution in [-0.4, -0.2) is 74.8 Å². The lowest BCUT2D eigenvalue weighted by molar-refractivity contribution is 0.0830. The third-order valence-corrected chi connectivity index (χ3v) is 8.57. The first-order valence-corrected chi connectivity index (χ1v) is 14.5. The number of anilines is 1.